The molecule has 1 unspecified atom stereocenters. The molecule has 0 bridgehead atoms. The second kappa shape index (κ2) is 9.60. The molecule has 1 atom stereocenters. The van der Waals surface area contributed by atoms with Gasteiger partial charge in [-0.3, -0.25) is 4.79 Å². The van der Waals surface area contributed by atoms with E-state index < -0.39 is 8.07 Å². The summed E-state index contributed by atoms with van der Waals surface area (Å²) in [6, 6.07) is 0. The number of ether oxygens (including phenoxy) is 1. The van der Waals surface area contributed by atoms with Crippen molar-refractivity contribution in [3.8, 4) is 0 Å². The fraction of sp³-hybridized carbons (Fsp3) is 0.933. The van der Waals surface area contributed by atoms with Crippen LogP contribution in [0, 0.1) is 0 Å². The third-order valence-electron chi connectivity index (χ3n) is 3.80. The predicted molar refractivity (Wildman–Crippen MR) is 81.7 cm³/mol. The molecule has 3 heteroatoms. The Balaban J connectivity index is 3.34. The van der Waals surface area contributed by atoms with Crippen molar-refractivity contribution in [1.82, 2.24) is 0 Å². The van der Waals surface area contributed by atoms with Crippen LogP contribution in [0.15, 0.2) is 0 Å². The van der Waals surface area contributed by atoms with E-state index in [0.29, 0.717) is 13.0 Å². The van der Waals surface area contributed by atoms with Gasteiger partial charge < -0.3 is 4.74 Å². The van der Waals surface area contributed by atoms with Crippen LogP contribution in [-0.2, 0) is 9.53 Å². The summed E-state index contributed by atoms with van der Waals surface area (Å²) in [6.45, 7) is 12.1. The van der Waals surface area contributed by atoms with E-state index >= 15 is 0 Å². The molecule has 108 valence electrons. The second-order valence-corrected chi connectivity index (χ2v) is 12.1. The Bertz CT molecular complexity index is 221. The van der Waals surface area contributed by atoms with Gasteiger partial charge in [-0.05, 0) is 18.9 Å². The van der Waals surface area contributed by atoms with Crippen LogP contribution < -0.4 is 0 Å². The molecule has 0 aliphatic carbocycles. The molecule has 0 aliphatic rings. The molecule has 0 saturated carbocycles. The number of hydrogen-bond acceptors (Lipinski definition) is 2. The number of unbranched alkanes of at least 4 members (excludes halogenated alkanes) is 4. The van der Waals surface area contributed by atoms with Crippen molar-refractivity contribution < 1.29 is 9.53 Å². The minimum absolute atomic E-state index is 0.0372. The zero-order chi connectivity index (χ0) is 14.0. The van der Waals surface area contributed by atoms with Crippen LogP contribution in [0.25, 0.3) is 0 Å². The first kappa shape index (κ1) is 17.7. The number of carbonyl (C=O) groups is 1. The largest absolute Gasteiger partial charge is 0.466 e. The van der Waals surface area contributed by atoms with E-state index in [1.165, 1.54) is 32.1 Å². The van der Waals surface area contributed by atoms with E-state index in [4.69, 9.17) is 4.74 Å². The third kappa shape index (κ3) is 9.69. The number of hydrogen-bond donors (Lipinski definition) is 0. The molecule has 18 heavy (non-hydrogen) atoms. The van der Waals surface area contributed by atoms with Crippen molar-refractivity contribution in [2.45, 2.75) is 84.0 Å². The first-order valence-electron chi connectivity index (χ1n) is 7.53. The van der Waals surface area contributed by atoms with Crippen LogP contribution in [-0.4, -0.2) is 20.7 Å². The van der Waals surface area contributed by atoms with Gasteiger partial charge in [0.25, 0.3) is 0 Å². The maximum Gasteiger partial charge on any atom is 0.305 e. The zero-order valence-corrected chi connectivity index (χ0v) is 14.1. The summed E-state index contributed by atoms with van der Waals surface area (Å²) in [6.07, 6.45) is 8.07. The third-order valence-corrected chi connectivity index (χ3v) is 7.05. The second-order valence-electron chi connectivity index (χ2n) is 6.38. The van der Waals surface area contributed by atoms with Gasteiger partial charge in [-0.15, -0.1) is 0 Å². The van der Waals surface area contributed by atoms with Crippen molar-refractivity contribution in [3.05, 3.63) is 0 Å². The highest BCUT2D eigenvalue weighted by Gasteiger charge is 2.21. The van der Waals surface area contributed by atoms with Gasteiger partial charge in [0.2, 0.25) is 0 Å². The molecule has 0 N–H and O–H groups in total. The number of rotatable bonds is 10. The summed E-state index contributed by atoms with van der Waals surface area (Å²) in [5.74, 6) is -0.0372. The van der Waals surface area contributed by atoms with E-state index in [2.05, 4.69) is 26.6 Å². The SMILES string of the molecule is CCOC(=O)CCCCCCCC(C)[Si](C)(C)C. The standard InChI is InChI=1S/C15H32O2Si/c1-6-17-15(16)13-11-9-7-8-10-12-14(2)18(3,4)5/h14H,6-13H2,1-5H3. The molecule has 0 aromatic heterocycles. The molecule has 0 amide bonds. The molecular formula is C15H32O2Si. The Morgan fingerprint density at radius 1 is 1.06 bits per heavy atom. The Morgan fingerprint density at radius 2 is 1.61 bits per heavy atom. The highest BCUT2D eigenvalue weighted by Crippen LogP contribution is 2.26. The van der Waals surface area contributed by atoms with Crippen LogP contribution in [0.5, 0.6) is 0 Å². The van der Waals surface area contributed by atoms with E-state index in [1.54, 1.807) is 0 Å². The molecule has 2 nitrogen and oxygen atoms in total. The Hall–Kier alpha value is -0.313. The number of carbonyl (C=O) groups excluding carboxylic acids is 1. The molecule has 0 aliphatic heterocycles. The molecule has 0 radical (unpaired) electrons. The fourth-order valence-corrected chi connectivity index (χ4v) is 2.99. The first-order chi connectivity index (χ1) is 8.38. The summed E-state index contributed by atoms with van der Waals surface area (Å²) < 4.78 is 4.90. The maximum atomic E-state index is 11.1. The zero-order valence-electron chi connectivity index (χ0n) is 13.1. The van der Waals surface area contributed by atoms with Gasteiger partial charge in [-0.25, -0.2) is 0 Å². The van der Waals surface area contributed by atoms with Crippen LogP contribution in [0.2, 0.25) is 25.2 Å². The van der Waals surface area contributed by atoms with Gasteiger partial charge >= 0.3 is 5.97 Å². The van der Waals surface area contributed by atoms with Crippen molar-refractivity contribution >= 4 is 14.0 Å². The van der Waals surface area contributed by atoms with Crippen molar-refractivity contribution in [2.24, 2.45) is 0 Å². The molecule has 0 fully saturated rings. The monoisotopic (exact) mass is 272 g/mol. The lowest BCUT2D eigenvalue weighted by Gasteiger charge is -2.24. The fourth-order valence-electron chi connectivity index (χ4n) is 1.92. The topological polar surface area (TPSA) is 26.3 Å². The van der Waals surface area contributed by atoms with Crippen LogP contribution >= 0.6 is 0 Å². The Morgan fingerprint density at radius 3 is 2.17 bits per heavy atom. The lowest BCUT2D eigenvalue weighted by Crippen LogP contribution is -2.25. The van der Waals surface area contributed by atoms with Gasteiger partial charge in [-0.2, -0.15) is 0 Å². The Kier molecular flexibility index (Phi) is 9.43. The average molecular weight is 273 g/mol. The van der Waals surface area contributed by atoms with Gasteiger partial charge in [0.15, 0.2) is 0 Å². The van der Waals surface area contributed by atoms with E-state index in [-0.39, 0.29) is 5.97 Å². The predicted octanol–water partition coefficient (Wildman–Crippen LogP) is 5.01. The van der Waals surface area contributed by atoms with Gasteiger partial charge in [0, 0.05) is 14.5 Å². The van der Waals surface area contributed by atoms with Gasteiger partial charge in [0.05, 0.1) is 6.61 Å². The maximum absolute atomic E-state index is 11.1. The summed E-state index contributed by atoms with van der Waals surface area (Å²) in [5.41, 5.74) is 0.928. The lowest BCUT2D eigenvalue weighted by molar-refractivity contribution is -0.143. The highest BCUT2D eigenvalue weighted by atomic mass is 28.3. The number of esters is 1. The highest BCUT2D eigenvalue weighted by molar-refractivity contribution is 6.77. The van der Waals surface area contributed by atoms with Gasteiger partial charge in [0.1, 0.15) is 0 Å². The van der Waals surface area contributed by atoms with E-state index in [9.17, 15) is 4.79 Å². The summed E-state index contributed by atoms with van der Waals surface area (Å²) in [7, 11) is -0.921. The van der Waals surface area contributed by atoms with Crippen LogP contribution in [0.3, 0.4) is 0 Å². The smallest absolute Gasteiger partial charge is 0.305 e. The van der Waals surface area contributed by atoms with E-state index in [0.717, 1.165) is 12.0 Å². The summed E-state index contributed by atoms with van der Waals surface area (Å²) in [5, 5.41) is 0. The van der Waals surface area contributed by atoms with Crippen molar-refractivity contribution in [1.29, 1.82) is 0 Å². The molecule has 0 heterocycles. The molecule has 0 saturated heterocycles. The molecule has 0 aromatic rings. The lowest BCUT2D eigenvalue weighted by atomic mass is 10.1. The van der Waals surface area contributed by atoms with Gasteiger partial charge in [-0.1, -0.05) is 58.7 Å². The molecule has 0 spiro atoms. The van der Waals surface area contributed by atoms with Crippen molar-refractivity contribution in [3.63, 3.8) is 0 Å². The van der Waals surface area contributed by atoms with Crippen LogP contribution in [0.1, 0.15) is 58.8 Å². The minimum atomic E-state index is -0.921. The Labute approximate surface area is 115 Å². The van der Waals surface area contributed by atoms with E-state index in [1.807, 2.05) is 6.92 Å². The summed E-state index contributed by atoms with van der Waals surface area (Å²) in [4.78, 5) is 11.1. The average Bonchev–Trinajstić information content (AvgIpc) is 2.26. The summed E-state index contributed by atoms with van der Waals surface area (Å²) >= 11 is 0. The van der Waals surface area contributed by atoms with Crippen LogP contribution in [0.4, 0.5) is 0 Å². The normalized spacial score (nSPS) is 13.4. The van der Waals surface area contributed by atoms with Crippen molar-refractivity contribution in [2.75, 3.05) is 6.61 Å². The quantitative estimate of drug-likeness (QED) is 0.317. The molecule has 0 rings (SSSR count). The minimum Gasteiger partial charge on any atom is -0.466 e. The molecular weight excluding hydrogens is 240 g/mol. The first-order valence-corrected chi connectivity index (χ1v) is 11.1. The molecule has 0 aromatic carbocycles.